The molecule has 2 heterocycles. The Bertz CT molecular complexity index is 384. The average Bonchev–Trinajstić information content (AvgIpc) is 2.86. The summed E-state index contributed by atoms with van der Waals surface area (Å²) in [5.74, 6) is 0.126. The van der Waals surface area contributed by atoms with Crippen molar-refractivity contribution in [3.63, 3.8) is 0 Å². The molecular formula is C13H20N2O2. The molecule has 1 aromatic rings. The standard InChI is InChI=1S/C13H20N2O2/c1-13(2)11(16)7-9-15(13)12(17)6-5-10-4-3-8-14-10/h3-4,8,11,14,16H,5-7,9H2,1-2H3. The molecule has 0 saturated carbocycles. The second-order valence-electron chi connectivity index (χ2n) is 5.20. The third kappa shape index (κ3) is 2.36. The predicted octanol–water partition coefficient (Wildman–Crippen LogP) is 1.32. The topological polar surface area (TPSA) is 56.3 Å². The van der Waals surface area contributed by atoms with Crippen LogP contribution in [0.1, 0.15) is 32.4 Å². The summed E-state index contributed by atoms with van der Waals surface area (Å²) < 4.78 is 0. The summed E-state index contributed by atoms with van der Waals surface area (Å²) in [5, 5.41) is 9.83. The van der Waals surface area contributed by atoms with Gasteiger partial charge in [0.05, 0.1) is 11.6 Å². The number of carbonyl (C=O) groups is 1. The van der Waals surface area contributed by atoms with Crippen LogP contribution in [0, 0.1) is 0 Å². The number of nitrogens with zero attached hydrogens (tertiary/aromatic N) is 1. The first-order valence-electron chi connectivity index (χ1n) is 6.12. The summed E-state index contributed by atoms with van der Waals surface area (Å²) in [6, 6.07) is 3.92. The molecule has 0 bridgehead atoms. The van der Waals surface area contributed by atoms with Crippen LogP contribution in [-0.4, -0.2) is 39.1 Å². The van der Waals surface area contributed by atoms with E-state index in [1.54, 1.807) is 4.90 Å². The summed E-state index contributed by atoms with van der Waals surface area (Å²) in [7, 11) is 0. The van der Waals surface area contributed by atoms with Crippen LogP contribution in [0.2, 0.25) is 0 Å². The lowest BCUT2D eigenvalue weighted by Crippen LogP contribution is -2.48. The van der Waals surface area contributed by atoms with Gasteiger partial charge in [0.2, 0.25) is 5.91 Å². The van der Waals surface area contributed by atoms with Crippen molar-refractivity contribution in [3.05, 3.63) is 24.0 Å². The van der Waals surface area contributed by atoms with Crippen molar-refractivity contribution >= 4 is 5.91 Å². The summed E-state index contributed by atoms with van der Waals surface area (Å²) >= 11 is 0. The lowest BCUT2D eigenvalue weighted by atomic mass is 9.98. The van der Waals surface area contributed by atoms with Gasteiger partial charge in [0.15, 0.2) is 0 Å². The van der Waals surface area contributed by atoms with E-state index >= 15 is 0 Å². The van der Waals surface area contributed by atoms with Crippen molar-refractivity contribution in [1.82, 2.24) is 9.88 Å². The zero-order valence-electron chi connectivity index (χ0n) is 10.4. The monoisotopic (exact) mass is 236 g/mol. The van der Waals surface area contributed by atoms with Crippen LogP contribution in [0.15, 0.2) is 18.3 Å². The Morgan fingerprint density at radius 2 is 2.41 bits per heavy atom. The minimum absolute atomic E-state index is 0.126. The van der Waals surface area contributed by atoms with Gasteiger partial charge in [0.1, 0.15) is 0 Å². The lowest BCUT2D eigenvalue weighted by Gasteiger charge is -2.33. The molecule has 0 radical (unpaired) electrons. The van der Waals surface area contributed by atoms with Crippen molar-refractivity contribution in [3.8, 4) is 0 Å². The van der Waals surface area contributed by atoms with Crippen LogP contribution in [-0.2, 0) is 11.2 Å². The number of aryl methyl sites for hydroxylation is 1. The number of aliphatic hydroxyl groups is 1. The largest absolute Gasteiger partial charge is 0.391 e. The maximum atomic E-state index is 12.1. The summed E-state index contributed by atoms with van der Waals surface area (Å²) in [4.78, 5) is 17.0. The number of carbonyl (C=O) groups excluding carboxylic acids is 1. The van der Waals surface area contributed by atoms with Crippen molar-refractivity contribution in [2.24, 2.45) is 0 Å². The molecule has 0 aliphatic carbocycles. The van der Waals surface area contributed by atoms with E-state index in [1.807, 2.05) is 32.2 Å². The van der Waals surface area contributed by atoms with Crippen LogP contribution in [0.5, 0.6) is 0 Å². The number of hydrogen-bond donors (Lipinski definition) is 2. The fraction of sp³-hybridized carbons (Fsp3) is 0.615. The van der Waals surface area contributed by atoms with Gasteiger partial charge in [-0.2, -0.15) is 0 Å². The van der Waals surface area contributed by atoms with Gasteiger partial charge in [-0.1, -0.05) is 0 Å². The Hall–Kier alpha value is -1.29. The fourth-order valence-electron chi connectivity index (χ4n) is 2.42. The minimum atomic E-state index is -0.424. The molecule has 2 rings (SSSR count). The Kier molecular flexibility index (Phi) is 3.24. The zero-order chi connectivity index (χ0) is 12.5. The summed E-state index contributed by atoms with van der Waals surface area (Å²) in [5.41, 5.74) is 0.656. The van der Waals surface area contributed by atoms with Gasteiger partial charge in [0.25, 0.3) is 0 Å². The molecule has 2 N–H and O–H groups in total. The molecule has 1 aliphatic rings. The van der Waals surface area contributed by atoms with Gasteiger partial charge in [-0.15, -0.1) is 0 Å². The SMILES string of the molecule is CC1(C)C(O)CCN1C(=O)CCc1ccc[nH]1. The van der Waals surface area contributed by atoms with Gasteiger partial charge in [-0.3, -0.25) is 4.79 Å². The van der Waals surface area contributed by atoms with Crippen molar-refractivity contribution in [1.29, 1.82) is 0 Å². The van der Waals surface area contributed by atoms with Crippen LogP contribution in [0.25, 0.3) is 0 Å². The fourth-order valence-corrected chi connectivity index (χ4v) is 2.42. The van der Waals surface area contributed by atoms with E-state index in [4.69, 9.17) is 0 Å². The van der Waals surface area contributed by atoms with E-state index in [0.29, 0.717) is 19.4 Å². The predicted molar refractivity (Wildman–Crippen MR) is 65.5 cm³/mol. The number of aliphatic hydroxyl groups excluding tert-OH is 1. The summed E-state index contributed by atoms with van der Waals surface area (Å²) in [6.45, 7) is 4.52. The minimum Gasteiger partial charge on any atom is -0.391 e. The molecule has 1 aromatic heterocycles. The van der Waals surface area contributed by atoms with E-state index < -0.39 is 11.6 Å². The molecule has 1 atom stereocenters. The van der Waals surface area contributed by atoms with Gasteiger partial charge in [-0.25, -0.2) is 0 Å². The number of rotatable bonds is 3. The van der Waals surface area contributed by atoms with Gasteiger partial charge >= 0.3 is 0 Å². The van der Waals surface area contributed by atoms with Crippen molar-refractivity contribution < 1.29 is 9.90 Å². The molecule has 1 unspecified atom stereocenters. The van der Waals surface area contributed by atoms with Crippen LogP contribution >= 0.6 is 0 Å². The Morgan fingerprint density at radius 3 is 2.94 bits per heavy atom. The molecular weight excluding hydrogens is 216 g/mol. The molecule has 1 amide bonds. The smallest absolute Gasteiger partial charge is 0.223 e. The first-order chi connectivity index (χ1) is 8.01. The molecule has 94 valence electrons. The number of aromatic amines is 1. The van der Waals surface area contributed by atoms with Crippen LogP contribution in [0.4, 0.5) is 0 Å². The van der Waals surface area contributed by atoms with Crippen molar-refractivity contribution in [2.75, 3.05) is 6.54 Å². The summed E-state index contributed by atoms with van der Waals surface area (Å²) in [6.07, 6.45) is 3.37. The molecule has 1 saturated heterocycles. The first kappa shape index (κ1) is 12.2. The highest BCUT2D eigenvalue weighted by Crippen LogP contribution is 2.29. The molecule has 1 aliphatic heterocycles. The van der Waals surface area contributed by atoms with Gasteiger partial charge < -0.3 is 15.0 Å². The molecule has 1 fully saturated rings. The van der Waals surface area contributed by atoms with E-state index in [-0.39, 0.29) is 5.91 Å². The molecule has 4 nitrogen and oxygen atoms in total. The van der Waals surface area contributed by atoms with E-state index in [1.165, 1.54) is 0 Å². The third-order valence-electron chi connectivity index (χ3n) is 3.71. The lowest BCUT2D eigenvalue weighted by molar-refractivity contribution is -0.136. The number of nitrogens with one attached hydrogen (secondary N) is 1. The molecule has 4 heteroatoms. The third-order valence-corrected chi connectivity index (χ3v) is 3.71. The van der Waals surface area contributed by atoms with Gasteiger partial charge in [0, 0.05) is 24.9 Å². The maximum Gasteiger partial charge on any atom is 0.223 e. The number of likely N-dealkylation sites (tertiary alicyclic amines) is 1. The highest BCUT2D eigenvalue weighted by molar-refractivity contribution is 5.77. The Labute approximate surface area is 102 Å². The maximum absolute atomic E-state index is 12.1. The van der Waals surface area contributed by atoms with Crippen molar-refractivity contribution in [2.45, 2.75) is 44.8 Å². The van der Waals surface area contributed by atoms with Gasteiger partial charge in [-0.05, 0) is 38.8 Å². The molecule has 0 aromatic carbocycles. The van der Waals surface area contributed by atoms with E-state index in [0.717, 1.165) is 12.1 Å². The second kappa shape index (κ2) is 4.53. The number of aromatic nitrogens is 1. The molecule has 0 spiro atoms. The number of amides is 1. The Morgan fingerprint density at radius 1 is 1.65 bits per heavy atom. The second-order valence-corrected chi connectivity index (χ2v) is 5.20. The Balaban J connectivity index is 1.92. The quantitative estimate of drug-likeness (QED) is 0.831. The highest BCUT2D eigenvalue weighted by atomic mass is 16.3. The zero-order valence-corrected chi connectivity index (χ0v) is 10.4. The normalized spacial score (nSPS) is 23.0. The molecule has 17 heavy (non-hydrogen) atoms. The average molecular weight is 236 g/mol. The van der Waals surface area contributed by atoms with E-state index in [2.05, 4.69) is 4.98 Å². The highest BCUT2D eigenvalue weighted by Gasteiger charge is 2.42. The van der Waals surface area contributed by atoms with E-state index in [9.17, 15) is 9.90 Å². The number of H-pyrrole nitrogens is 1. The van der Waals surface area contributed by atoms with Crippen LogP contribution < -0.4 is 0 Å². The van der Waals surface area contributed by atoms with Crippen LogP contribution in [0.3, 0.4) is 0 Å². The number of hydrogen-bond acceptors (Lipinski definition) is 2. The first-order valence-corrected chi connectivity index (χ1v) is 6.12.